The van der Waals surface area contributed by atoms with Crippen molar-refractivity contribution in [3.8, 4) is 0 Å². The molecule has 0 saturated carbocycles. The van der Waals surface area contributed by atoms with Gasteiger partial charge < -0.3 is 0 Å². The maximum Gasteiger partial charge on any atom is -0.0132 e. The van der Waals surface area contributed by atoms with Gasteiger partial charge in [0.05, 0.1) is 0 Å². The van der Waals surface area contributed by atoms with Crippen molar-refractivity contribution in [1.29, 1.82) is 0 Å². The molecule has 1 atom stereocenters. The van der Waals surface area contributed by atoms with Crippen LogP contribution in [0.4, 0.5) is 0 Å². The van der Waals surface area contributed by atoms with Crippen LogP contribution in [0.2, 0.25) is 0 Å². The highest BCUT2D eigenvalue weighted by Crippen LogP contribution is 2.19. The van der Waals surface area contributed by atoms with Gasteiger partial charge >= 0.3 is 0 Å². The van der Waals surface area contributed by atoms with Crippen molar-refractivity contribution in [2.75, 3.05) is 6.16 Å². The summed E-state index contributed by atoms with van der Waals surface area (Å²) in [6.45, 7) is 0. The molecule has 0 aromatic heterocycles. The fourth-order valence-corrected chi connectivity index (χ4v) is 0.572. The Bertz CT molecular complexity index is 64.0. The first-order chi connectivity index (χ1) is 2.43. The van der Waals surface area contributed by atoms with Gasteiger partial charge in [0.2, 0.25) is 0 Å². The molecular formula is C4H7P. The van der Waals surface area contributed by atoms with E-state index >= 15 is 0 Å². The van der Waals surface area contributed by atoms with E-state index in [-0.39, 0.29) is 0 Å². The molecule has 0 bridgehead atoms. The summed E-state index contributed by atoms with van der Waals surface area (Å²) in [5, 5.41) is 0. The summed E-state index contributed by atoms with van der Waals surface area (Å²) in [5.41, 5.74) is 1.59. The number of rotatable bonds is 1. The highest BCUT2D eigenvalue weighted by molar-refractivity contribution is 7.16. The smallest absolute Gasteiger partial charge is 0.0132 e. The van der Waals surface area contributed by atoms with Crippen LogP contribution >= 0.6 is 9.24 Å². The first-order valence-corrected chi connectivity index (χ1v) is 2.63. The van der Waals surface area contributed by atoms with E-state index in [0.717, 1.165) is 0 Å². The first kappa shape index (κ1) is 3.36. The second kappa shape index (κ2) is 1.10. The standard InChI is InChI=1S/C4H7P/c5-3-4-1-2-4/h1H,2-3,5H2. The van der Waals surface area contributed by atoms with Crippen LogP contribution in [-0.4, -0.2) is 6.16 Å². The Hall–Kier alpha value is 0.170. The molecule has 1 aliphatic carbocycles. The molecule has 5 heavy (non-hydrogen) atoms. The van der Waals surface area contributed by atoms with Crippen LogP contribution in [0.1, 0.15) is 6.42 Å². The molecule has 28 valence electrons. The van der Waals surface area contributed by atoms with E-state index < -0.39 is 0 Å². The molecule has 0 amide bonds. The SMILES string of the molecule is PCC1=CC1. The summed E-state index contributed by atoms with van der Waals surface area (Å²) >= 11 is 0. The van der Waals surface area contributed by atoms with Gasteiger partial charge in [-0.15, -0.1) is 9.24 Å². The van der Waals surface area contributed by atoms with E-state index in [2.05, 4.69) is 15.3 Å². The van der Waals surface area contributed by atoms with E-state index in [1.54, 1.807) is 5.57 Å². The van der Waals surface area contributed by atoms with Crippen LogP contribution in [0.3, 0.4) is 0 Å². The molecule has 0 saturated heterocycles. The van der Waals surface area contributed by atoms with Crippen LogP contribution < -0.4 is 0 Å². The Morgan fingerprint density at radius 1 is 2.00 bits per heavy atom. The van der Waals surface area contributed by atoms with E-state index in [4.69, 9.17) is 0 Å². The van der Waals surface area contributed by atoms with Crippen LogP contribution in [-0.2, 0) is 0 Å². The van der Waals surface area contributed by atoms with Crippen LogP contribution in [0.25, 0.3) is 0 Å². The average Bonchev–Trinajstić information content (AvgIpc) is 2.12. The van der Waals surface area contributed by atoms with Crippen molar-refractivity contribution < 1.29 is 0 Å². The normalized spacial score (nSPS) is 18.2. The zero-order valence-electron chi connectivity index (χ0n) is 3.07. The lowest BCUT2D eigenvalue weighted by atomic mass is 10.6. The van der Waals surface area contributed by atoms with E-state index in [1.807, 2.05) is 0 Å². The molecule has 0 heterocycles. The van der Waals surface area contributed by atoms with E-state index in [9.17, 15) is 0 Å². The molecule has 0 radical (unpaired) electrons. The second-order valence-corrected chi connectivity index (χ2v) is 1.68. The van der Waals surface area contributed by atoms with Gasteiger partial charge in [-0.3, -0.25) is 0 Å². The predicted molar refractivity (Wildman–Crippen MR) is 27.3 cm³/mol. The minimum absolute atomic E-state index is 1.19. The quantitative estimate of drug-likeness (QED) is 0.332. The Morgan fingerprint density at radius 3 is 2.60 bits per heavy atom. The van der Waals surface area contributed by atoms with Crippen molar-refractivity contribution in [1.82, 2.24) is 0 Å². The largest absolute Gasteiger partial charge is 0.133 e. The monoisotopic (exact) mass is 86.0 g/mol. The first-order valence-electron chi connectivity index (χ1n) is 1.81. The number of hydrogen-bond donors (Lipinski definition) is 0. The lowest BCUT2D eigenvalue weighted by Gasteiger charge is -1.67. The molecule has 0 aromatic rings. The van der Waals surface area contributed by atoms with E-state index in [0.29, 0.717) is 0 Å². The predicted octanol–water partition coefficient (Wildman–Crippen LogP) is 1.19. The Balaban J connectivity index is 2.22. The molecule has 0 aliphatic heterocycles. The highest BCUT2D eigenvalue weighted by atomic mass is 31.0. The maximum absolute atomic E-state index is 2.69. The molecular weight excluding hydrogens is 79.0 g/mol. The summed E-state index contributed by atoms with van der Waals surface area (Å²) < 4.78 is 0. The average molecular weight is 86.1 g/mol. The van der Waals surface area contributed by atoms with Gasteiger partial charge in [-0.25, -0.2) is 0 Å². The van der Waals surface area contributed by atoms with Crippen LogP contribution in [0.5, 0.6) is 0 Å². The highest BCUT2D eigenvalue weighted by Gasteiger charge is 2.00. The third-order valence-corrected chi connectivity index (χ3v) is 1.28. The van der Waals surface area contributed by atoms with Gasteiger partial charge in [-0.1, -0.05) is 11.6 Å². The number of allylic oxidation sites excluding steroid dienone is 2. The minimum Gasteiger partial charge on any atom is -0.133 e. The lowest BCUT2D eigenvalue weighted by molar-refractivity contribution is 1.50. The van der Waals surface area contributed by atoms with Gasteiger partial charge in [-0.05, 0) is 12.6 Å². The van der Waals surface area contributed by atoms with Gasteiger partial charge in [-0.2, -0.15) is 0 Å². The Morgan fingerprint density at radius 2 is 2.60 bits per heavy atom. The molecule has 0 nitrogen and oxygen atoms in total. The molecule has 0 fully saturated rings. The van der Waals surface area contributed by atoms with Gasteiger partial charge in [0.1, 0.15) is 0 Å². The summed E-state index contributed by atoms with van der Waals surface area (Å²) in [7, 11) is 2.69. The van der Waals surface area contributed by atoms with E-state index in [1.165, 1.54) is 12.6 Å². The summed E-state index contributed by atoms with van der Waals surface area (Å²) in [4.78, 5) is 0. The van der Waals surface area contributed by atoms with Gasteiger partial charge in [0.25, 0.3) is 0 Å². The molecule has 1 aliphatic rings. The zero-order chi connectivity index (χ0) is 3.70. The maximum atomic E-state index is 2.69. The molecule has 0 aromatic carbocycles. The van der Waals surface area contributed by atoms with Crippen LogP contribution in [0.15, 0.2) is 11.6 Å². The second-order valence-electron chi connectivity index (χ2n) is 1.27. The molecule has 1 unspecified atom stereocenters. The summed E-state index contributed by atoms with van der Waals surface area (Å²) in [6, 6.07) is 0. The third-order valence-electron chi connectivity index (χ3n) is 0.755. The Labute approximate surface area is 34.5 Å². The van der Waals surface area contributed by atoms with Crippen molar-refractivity contribution in [2.45, 2.75) is 6.42 Å². The molecule has 1 rings (SSSR count). The third kappa shape index (κ3) is 0.735. The van der Waals surface area contributed by atoms with Crippen molar-refractivity contribution in [3.05, 3.63) is 11.6 Å². The molecule has 1 heteroatoms. The fraction of sp³-hybridized carbons (Fsp3) is 0.500. The van der Waals surface area contributed by atoms with Crippen molar-refractivity contribution >= 4 is 9.24 Å². The summed E-state index contributed by atoms with van der Waals surface area (Å²) in [6.07, 6.45) is 4.72. The van der Waals surface area contributed by atoms with Crippen molar-refractivity contribution in [3.63, 3.8) is 0 Å². The zero-order valence-corrected chi connectivity index (χ0v) is 4.22. The topological polar surface area (TPSA) is 0 Å². The fourth-order valence-electron chi connectivity index (χ4n) is 0.239. The molecule has 0 N–H and O–H groups in total. The lowest BCUT2D eigenvalue weighted by Crippen LogP contribution is -1.54. The molecule has 0 spiro atoms. The van der Waals surface area contributed by atoms with Crippen LogP contribution in [0, 0.1) is 0 Å². The number of hydrogen-bond acceptors (Lipinski definition) is 0. The summed E-state index contributed by atoms with van der Waals surface area (Å²) in [5.74, 6) is 0. The van der Waals surface area contributed by atoms with Crippen molar-refractivity contribution in [2.24, 2.45) is 0 Å². The minimum atomic E-state index is 1.19. The van der Waals surface area contributed by atoms with Gasteiger partial charge in [0, 0.05) is 0 Å². The van der Waals surface area contributed by atoms with Gasteiger partial charge in [0.15, 0.2) is 0 Å². The Kier molecular flexibility index (Phi) is 0.740.